The third-order valence-electron chi connectivity index (χ3n) is 7.93. The molecule has 2 atom stereocenters. The molecule has 3 nitrogen and oxygen atoms in total. The van der Waals surface area contributed by atoms with Gasteiger partial charge in [0, 0.05) is 23.1 Å². The van der Waals surface area contributed by atoms with Crippen molar-refractivity contribution in [2.24, 2.45) is 22.6 Å². The summed E-state index contributed by atoms with van der Waals surface area (Å²) in [4.78, 5) is 5.30. The third kappa shape index (κ3) is 9.11. The van der Waals surface area contributed by atoms with E-state index in [1.807, 2.05) is 18.2 Å². The number of allylic oxidation sites excluding steroid dienone is 13. The maximum absolute atomic E-state index is 8.18. The summed E-state index contributed by atoms with van der Waals surface area (Å²) < 4.78 is 0. The first kappa shape index (κ1) is 31.3. The van der Waals surface area contributed by atoms with Crippen LogP contribution in [0.2, 0.25) is 0 Å². The van der Waals surface area contributed by atoms with Crippen LogP contribution in [0.25, 0.3) is 0 Å². The van der Waals surface area contributed by atoms with Crippen LogP contribution >= 0.6 is 0 Å². The molecular weight excluding hydrogens is 462 g/mol. The second-order valence-electron chi connectivity index (χ2n) is 10.8. The number of aliphatic imine (C=N–C) groups is 1. The van der Waals surface area contributed by atoms with Crippen LogP contribution in [0.5, 0.6) is 0 Å². The van der Waals surface area contributed by atoms with Crippen molar-refractivity contribution in [3.63, 3.8) is 0 Å². The van der Waals surface area contributed by atoms with Crippen molar-refractivity contribution in [1.29, 1.82) is 5.41 Å². The summed E-state index contributed by atoms with van der Waals surface area (Å²) in [6.07, 6.45) is 27.9. The summed E-state index contributed by atoms with van der Waals surface area (Å²) in [7, 11) is 0. The van der Waals surface area contributed by atoms with Gasteiger partial charge in [0.2, 0.25) is 0 Å². The Balaban J connectivity index is 2.53. The van der Waals surface area contributed by atoms with E-state index < -0.39 is 0 Å². The second-order valence-corrected chi connectivity index (χ2v) is 10.8. The molecule has 0 aromatic heterocycles. The lowest BCUT2D eigenvalue weighted by Gasteiger charge is -2.20. The maximum atomic E-state index is 8.18. The Labute approximate surface area is 233 Å². The predicted molar refractivity (Wildman–Crippen MR) is 169 cm³/mol. The number of nitrogens with zero attached hydrogens (tertiary/aromatic N) is 1. The molecule has 38 heavy (non-hydrogen) atoms. The smallest absolute Gasteiger partial charge is 0.0708 e. The van der Waals surface area contributed by atoms with Crippen LogP contribution in [0, 0.1) is 17.2 Å². The average Bonchev–Trinajstić information content (AvgIpc) is 2.89. The van der Waals surface area contributed by atoms with Gasteiger partial charge in [0.25, 0.3) is 0 Å². The van der Waals surface area contributed by atoms with Gasteiger partial charge in [0.05, 0.1) is 11.4 Å². The van der Waals surface area contributed by atoms with E-state index in [4.69, 9.17) is 16.1 Å². The topological polar surface area (TPSA) is 62.2 Å². The zero-order chi connectivity index (χ0) is 28.1. The molecule has 2 aliphatic rings. The third-order valence-corrected chi connectivity index (χ3v) is 7.93. The molecule has 0 amide bonds. The molecule has 2 aliphatic carbocycles. The van der Waals surface area contributed by atoms with Crippen LogP contribution in [0.15, 0.2) is 98.9 Å². The van der Waals surface area contributed by atoms with E-state index in [2.05, 4.69) is 78.8 Å². The van der Waals surface area contributed by atoms with Gasteiger partial charge < -0.3 is 11.1 Å². The monoisotopic (exact) mass is 513 g/mol. The van der Waals surface area contributed by atoms with Gasteiger partial charge in [0.1, 0.15) is 0 Å². The highest BCUT2D eigenvalue weighted by Gasteiger charge is 2.16. The number of hydrogen-bond acceptors (Lipinski definition) is 3. The molecule has 0 saturated heterocycles. The Kier molecular flexibility index (Phi) is 13.3. The van der Waals surface area contributed by atoms with Crippen molar-refractivity contribution in [2.75, 3.05) is 0 Å². The van der Waals surface area contributed by atoms with E-state index >= 15 is 0 Å². The number of nitrogens with one attached hydrogen (secondary N) is 1. The van der Waals surface area contributed by atoms with Gasteiger partial charge in [-0.3, -0.25) is 4.99 Å². The molecule has 206 valence electrons. The standard InChI is InChI=1S/C35H51N3/c1-8-13-30(17-16-25(5)9-2)28(11-4)19-21-34(26(6)10-3)38-35(22-27(7)29-14-12-15-29)31-18-20-33(37)32(23-31)24-36/h11,13,18-26,37H,8-10,12,14-17,36H2,1-7H3/b21-19-,28-11+,30-13+,32-24-,35-22-,37-33?,38-34-/t25-,26?/m1/s1. The largest absolute Gasteiger partial charge is 0.404 e. The van der Waals surface area contributed by atoms with Crippen LogP contribution in [0.4, 0.5) is 0 Å². The highest BCUT2D eigenvalue weighted by atomic mass is 14.8. The Morgan fingerprint density at radius 3 is 2.39 bits per heavy atom. The number of nitrogens with two attached hydrogens (primary N) is 1. The molecule has 1 fully saturated rings. The van der Waals surface area contributed by atoms with Gasteiger partial charge >= 0.3 is 0 Å². The van der Waals surface area contributed by atoms with Gasteiger partial charge in [0.15, 0.2) is 0 Å². The van der Waals surface area contributed by atoms with Crippen molar-refractivity contribution >= 4 is 11.4 Å². The first-order chi connectivity index (χ1) is 18.3. The molecule has 0 heterocycles. The molecule has 0 spiro atoms. The Hall–Kier alpha value is -2.94. The van der Waals surface area contributed by atoms with E-state index in [9.17, 15) is 0 Å². The molecule has 1 unspecified atom stereocenters. The second kappa shape index (κ2) is 16.1. The first-order valence-electron chi connectivity index (χ1n) is 14.7. The van der Waals surface area contributed by atoms with Crippen LogP contribution in [-0.2, 0) is 0 Å². The normalized spacial score (nSPS) is 20.2. The van der Waals surface area contributed by atoms with Gasteiger partial charge in [-0.25, -0.2) is 0 Å². The van der Waals surface area contributed by atoms with Crippen LogP contribution in [-0.4, -0.2) is 11.4 Å². The quantitative estimate of drug-likeness (QED) is 0.187. The number of hydrogen-bond donors (Lipinski definition) is 2. The summed E-state index contributed by atoms with van der Waals surface area (Å²) in [5.41, 5.74) is 15.6. The molecule has 2 rings (SSSR count). The summed E-state index contributed by atoms with van der Waals surface area (Å²) in [6.45, 7) is 15.7. The van der Waals surface area contributed by atoms with E-state index in [0.717, 1.165) is 47.7 Å². The SMILES string of the molecule is C/C=C(\C=C/C(=N/C(=C\C(C)=C1CCC1)C1=C/C(=C/N)C(=N)C=C1)C(C)CC)C(=C/CC)/CC[C@H](C)CC. The van der Waals surface area contributed by atoms with Crippen LogP contribution in [0.3, 0.4) is 0 Å². The number of rotatable bonds is 13. The molecule has 0 bridgehead atoms. The fraction of sp³-hybridized carbons (Fsp3) is 0.486. The van der Waals surface area contributed by atoms with Crippen molar-refractivity contribution in [3.8, 4) is 0 Å². The summed E-state index contributed by atoms with van der Waals surface area (Å²) in [5, 5.41) is 8.18. The van der Waals surface area contributed by atoms with Gasteiger partial charge in [-0.05, 0) is 112 Å². The zero-order valence-corrected chi connectivity index (χ0v) is 25.0. The maximum Gasteiger partial charge on any atom is 0.0708 e. The molecule has 0 aliphatic heterocycles. The van der Waals surface area contributed by atoms with Gasteiger partial charge in [-0.1, -0.05) is 70.9 Å². The van der Waals surface area contributed by atoms with E-state index in [1.54, 1.807) is 0 Å². The fourth-order valence-corrected chi connectivity index (χ4v) is 4.54. The lowest BCUT2D eigenvalue weighted by Crippen LogP contribution is -2.10. The highest BCUT2D eigenvalue weighted by Crippen LogP contribution is 2.31. The van der Waals surface area contributed by atoms with Crippen LogP contribution in [0.1, 0.15) is 99.8 Å². The zero-order valence-electron chi connectivity index (χ0n) is 25.0. The average molecular weight is 514 g/mol. The Morgan fingerprint density at radius 1 is 1.11 bits per heavy atom. The minimum atomic E-state index is 0.319. The highest BCUT2D eigenvalue weighted by molar-refractivity contribution is 6.10. The van der Waals surface area contributed by atoms with Crippen molar-refractivity contribution in [2.45, 2.75) is 99.8 Å². The minimum Gasteiger partial charge on any atom is -0.404 e. The van der Waals surface area contributed by atoms with Crippen molar-refractivity contribution in [1.82, 2.24) is 0 Å². The Bertz CT molecular complexity index is 1110. The van der Waals surface area contributed by atoms with Gasteiger partial charge in [-0.2, -0.15) is 0 Å². The molecule has 0 aromatic carbocycles. The molecule has 0 aromatic rings. The van der Waals surface area contributed by atoms with Gasteiger partial charge in [-0.15, -0.1) is 0 Å². The fourth-order valence-electron chi connectivity index (χ4n) is 4.54. The van der Waals surface area contributed by atoms with E-state index in [-0.39, 0.29) is 0 Å². The molecule has 1 saturated carbocycles. The van der Waals surface area contributed by atoms with Crippen molar-refractivity contribution < 1.29 is 0 Å². The lowest BCUT2D eigenvalue weighted by atomic mass is 9.87. The summed E-state index contributed by atoms with van der Waals surface area (Å²) in [6, 6.07) is 0. The summed E-state index contributed by atoms with van der Waals surface area (Å²) >= 11 is 0. The van der Waals surface area contributed by atoms with E-state index in [0.29, 0.717) is 11.6 Å². The molecule has 3 heteroatoms. The lowest BCUT2D eigenvalue weighted by molar-refractivity contribution is 0.516. The minimum absolute atomic E-state index is 0.319. The predicted octanol–water partition coefficient (Wildman–Crippen LogP) is 9.88. The first-order valence-corrected chi connectivity index (χ1v) is 14.7. The Morgan fingerprint density at radius 2 is 1.84 bits per heavy atom. The molecule has 0 radical (unpaired) electrons. The van der Waals surface area contributed by atoms with E-state index in [1.165, 1.54) is 60.6 Å². The van der Waals surface area contributed by atoms with Crippen LogP contribution < -0.4 is 5.73 Å². The molecule has 3 N–H and O–H groups in total. The summed E-state index contributed by atoms with van der Waals surface area (Å²) in [5.74, 6) is 1.06. The molecular formula is C35H51N3. The van der Waals surface area contributed by atoms with Crippen molar-refractivity contribution in [3.05, 3.63) is 93.9 Å².